The number of hydrogen-bond acceptors (Lipinski definition) is 11. The van der Waals surface area contributed by atoms with Gasteiger partial charge in [-0.05, 0) is 12.5 Å². The van der Waals surface area contributed by atoms with Gasteiger partial charge in [-0.3, -0.25) is 4.79 Å². The molecule has 2 aromatic rings. The molecule has 0 aliphatic rings. The van der Waals surface area contributed by atoms with E-state index < -0.39 is 35.7 Å². The van der Waals surface area contributed by atoms with E-state index >= 15 is 0 Å². The molecule has 0 fully saturated rings. The molecule has 0 aliphatic heterocycles. The van der Waals surface area contributed by atoms with Crippen molar-refractivity contribution < 1.29 is 40.2 Å². The van der Waals surface area contributed by atoms with Gasteiger partial charge >= 0.3 is 17.9 Å². The van der Waals surface area contributed by atoms with Gasteiger partial charge in [0.25, 0.3) is 0 Å². The number of nitrogens with two attached hydrogens (primary N) is 1. The van der Waals surface area contributed by atoms with Crippen LogP contribution in [-0.2, 0) is 9.53 Å². The van der Waals surface area contributed by atoms with E-state index in [4.69, 9.17) is 5.73 Å². The van der Waals surface area contributed by atoms with Crippen molar-refractivity contribution in [2.45, 2.75) is 30.8 Å². The van der Waals surface area contributed by atoms with Crippen LogP contribution in [0.5, 0.6) is 0 Å². The smallest absolute Gasteiger partial charge is 0.312 e. The standard InChI is InChI=1S/C17H20N4O8/c1-8(14(22)29-2)9-3-5-10(6-4-9)12-11(7-18)13(19)21(20-12)15(16(23,24)25)17(26,27)28/h3-6,8,15,23-28H,19H2,1-2H3. The molecule has 29 heavy (non-hydrogen) atoms. The number of esters is 1. The van der Waals surface area contributed by atoms with Crippen LogP contribution in [0.15, 0.2) is 24.3 Å². The predicted molar refractivity (Wildman–Crippen MR) is 95.0 cm³/mol. The van der Waals surface area contributed by atoms with Crippen LogP contribution in [-0.4, -0.2) is 65.4 Å². The second kappa shape index (κ2) is 7.76. The molecule has 2 rings (SSSR count). The van der Waals surface area contributed by atoms with E-state index in [0.29, 0.717) is 15.8 Å². The van der Waals surface area contributed by atoms with Gasteiger partial charge in [0.05, 0.1) is 13.0 Å². The number of anilines is 1. The van der Waals surface area contributed by atoms with E-state index in [2.05, 4.69) is 9.84 Å². The molecular formula is C17H20N4O8. The molecule has 0 spiro atoms. The Hall–Kier alpha value is -3.05. The molecule has 1 atom stereocenters. The van der Waals surface area contributed by atoms with Crippen molar-refractivity contribution in [1.82, 2.24) is 9.78 Å². The molecule has 12 nitrogen and oxygen atoms in total. The third-order valence-electron chi connectivity index (χ3n) is 4.28. The van der Waals surface area contributed by atoms with Gasteiger partial charge in [0.1, 0.15) is 23.1 Å². The van der Waals surface area contributed by atoms with Crippen LogP contribution in [0.4, 0.5) is 5.82 Å². The van der Waals surface area contributed by atoms with E-state index in [1.807, 2.05) is 0 Å². The number of aromatic nitrogens is 2. The van der Waals surface area contributed by atoms with Crippen LogP contribution in [0.3, 0.4) is 0 Å². The lowest BCUT2D eigenvalue weighted by Crippen LogP contribution is -2.53. The van der Waals surface area contributed by atoms with Crippen molar-refractivity contribution in [2.24, 2.45) is 0 Å². The minimum absolute atomic E-state index is 0.110. The highest BCUT2D eigenvalue weighted by Crippen LogP contribution is 2.35. The van der Waals surface area contributed by atoms with E-state index in [1.54, 1.807) is 25.1 Å². The third-order valence-corrected chi connectivity index (χ3v) is 4.28. The number of nitriles is 1. The molecule has 1 unspecified atom stereocenters. The van der Waals surface area contributed by atoms with E-state index in [-0.39, 0.29) is 11.3 Å². The van der Waals surface area contributed by atoms with Crippen molar-refractivity contribution in [3.63, 3.8) is 0 Å². The second-order valence-corrected chi connectivity index (χ2v) is 6.31. The summed E-state index contributed by atoms with van der Waals surface area (Å²) in [6, 6.07) is 5.17. The number of nitrogens with zero attached hydrogens (tertiary/aromatic N) is 3. The molecule has 8 N–H and O–H groups in total. The molecule has 0 bridgehead atoms. The van der Waals surface area contributed by atoms with Crippen molar-refractivity contribution in [1.29, 1.82) is 5.26 Å². The molecule has 0 saturated heterocycles. The average molecular weight is 408 g/mol. The summed E-state index contributed by atoms with van der Waals surface area (Å²) in [5.41, 5.74) is 6.23. The topological polar surface area (TPSA) is 215 Å². The van der Waals surface area contributed by atoms with Crippen LogP contribution in [0.2, 0.25) is 0 Å². The molecule has 1 aromatic carbocycles. The monoisotopic (exact) mass is 408 g/mol. The summed E-state index contributed by atoms with van der Waals surface area (Å²) >= 11 is 0. The molecule has 0 saturated carbocycles. The maximum Gasteiger partial charge on any atom is 0.312 e. The van der Waals surface area contributed by atoms with Crippen molar-refractivity contribution in [2.75, 3.05) is 12.8 Å². The Labute approximate surface area is 164 Å². The second-order valence-electron chi connectivity index (χ2n) is 6.31. The number of nitrogen functional groups attached to an aromatic ring is 1. The Morgan fingerprint density at radius 1 is 1.17 bits per heavy atom. The highest BCUT2D eigenvalue weighted by molar-refractivity contribution is 5.78. The first kappa shape index (κ1) is 22.2. The Kier molecular flexibility index (Phi) is 5.95. The first-order valence-corrected chi connectivity index (χ1v) is 8.13. The highest BCUT2D eigenvalue weighted by atomic mass is 16.7. The number of hydrogen-bond donors (Lipinski definition) is 7. The third kappa shape index (κ3) is 4.35. The first-order chi connectivity index (χ1) is 13.3. The van der Waals surface area contributed by atoms with Gasteiger partial charge in [-0.15, -0.1) is 0 Å². The molecule has 12 heteroatoms. The zero-order valence-corrected chi connectivity index (χ0v) is 15.4. The van der Waals surface area contributed by atoms with Crippen LogP contribution < -0.4 is 5.73 Å². The molecule has 156 valence electrons. The normalized spacial score (nSPS) is 13.2. The molecule has 0 amide bonds. The van der Waals surface area contributed by atoms with E-state index in [1.165, 1.54) is 19.2 Å². The summed E-state index contributed by atoms with van der Waals surface area (Å²) in [6.07, 6.45) is 0. The Bertz CT molecular complexity index is 921. The lowest BCUT2D eigenvalue weighted by atomic mass is 9.98. The predicted octanol–water partition coefficient (Wildman–Crippen LogP) is -1.92. The molecule has 1 aromatic heterocycles. The van der Waals surface area contributed by atoms with Crippen LogP contribution in [0.25, 0.3) is 11.3 Å². The van der Waals surface area contributed by atoms with Gasteiger partial charge in [-0.1, -0.05) is 24.3 Å². The lowest BCUT2D eigenvalue weighted by Gasteiger charge is -2.32. The number of rotatable bonds is 6. The largest absolute Gasteiger partial charge is 0.469 e. The first-order valence-electron chi connectivity index (χ1n) is 8.13. The van der Waals surface area contributed by atoms with Crippen LogP contribution >= 0.6 is 0 Å². The van der Waals surface area contributed by atoms with E-state index in [0.717, 1.165) is 0 Å². The van der Waals surface area contributed by atoms with Gasteiger partial charge in [-0.25, -0.2) is 4.68 Å². The van der Waals surface area contributed by atoms with E-state index in [9.17, 15) is 40.7 Å². The molecule has 1 heterocycles. The number of ether oxygens (including phenoxy) is 1. The number of carbonyl (C=O) groups excluding carboxylic acids is 1. The SMILES string of the molecule is COC(=O)C(C)c1ccc(-c2nn(C(C(O)(O)O)C(O)(O)O)c(N)c2C#N)cc1. The van der Waals surface area contributed by atoms with Crippen molar-refractivity contribution in [3.8, 4) is 17.3 Å². The fourth-order valence-corrected chi connectivity index (χ4v) is 2.79. The van der Waals surface area contributed by atoms with Gasteiger partial charge in [-0.2, -0.15) is 10.4 Å². The summed E-state index contributed by atoms with van der Waals surface area (Å²) in [6.45, 7) is 1.63. The Morgan fingerprint density at radius 2 is 1.69 bits per heavy atom. The zero-order chi connectivity index (χ0) is 22.1. The summed E-state index contributed by atoms with van der Waals surface area (Å²) in [5.74, 6) is -9.32. The van der Waals surface area contributed by atoms with Gasteiger partial charge < -0.3 is 41.1 Å². The molecule has 0 aliphatic carbocycles. The number of methoxy groups -OCH3 is 1. The van der Waals surface area contributed by atoms with Gasteiger partial charge in [0, 0.05) is 5.56 Å². The maximum atomic E-state index is 11.6. The lowest BCUT2D eigenvalue weighted by molar-refractivity contribution is -0.431. The average Bonchev–Trinajstić information content (AvgIpc) is 2.94. The molecular weight excluding hydrogens is 388 g/mol. The summed E-state index contributed by atoms with van der Waals surface area (Å²) in [7, 11) is 1.26. The van der Waals surface area contributed by atoms with Gasteiger partial charge in [0.15, 0.2) is 0 Å². The van der Waals surface area contributed by atoms with Crippen molar-refractivity contribution >= 4 is 11.8 Å². The summed E-state index contributed by atoms with van der Waals surface area (Å²) in [5, 5.41) is 69.6. The van der Waals surface area contributed by atoms with Crippen LogP contribution in [0.1, 0.15) is 30.0 Å². The summed E-state index contributed by atoms with van der Waals surface area (Å²) in [4.78, 5) is 11.6. The van der Waals surface area contributed by atoms with Crippen molar-refractivity contribution in [3.05, 3.63) is 35.4 Å². The Morgan fingerprint density at radius 3 is 2.10 bits per heavy atom. The fraction of sp³-hybridized carbons (Fsp3) is 0.353. The fourth-order valence-electron chi connectivity index (χ4n) is 2.79. The highest BCUT2D eigenvalue weighted by Gasteiger charge is 2.51. The quantitative estimate of drug-likeness (QED) is 0.206. The summed E-state index contributed by atoms with van der Waals surface area (Å²) < 4.78 is 4.98. The number of carbonyl (C=O) groups is 1. The maximum absolute atomic E-state index is 11.6. The molecule has 0 radical (unpaired) electrons. The number of aliphatic hydroxyl groups is 6. The zero-order valence-electron chi connectivity index (χ0n) is 15.4. The minimum Gasteiger partial charge on any atom is -0.469 e. The van der Waals surface area contributed by atoms with Crippen LogP contribution in [0, 0.1) is 11.3 Å². The Balaban J connectivity index is 2.57. The van der Waals surface area contributed by atoms with Gasteiger partial charge in [0.2, 0.25) is 6.04 Å². The number of benzene rings is 1. The minimum atomic E-state index is -3.86.